The molecule has 0 fully saturated rings. The highest BCUT2D eigenvalue weighted by Crippen LogP contribution is 2.39. The Kier molecular flexibility index (Phi) is 3.76. The van der Waals surface area contributed by atoms with Crippen molar-refractivity contribution in [3.05, 3.63) is 78.9 Å². The highest BCUT2D eigenvalue weighted by Gasteiger charge is 2.10. The second-order valence-corrected chi connectivity index (χ2v) is 6.21. The molecule has 0 aliphatic carbocycles. The predicted octanol–water partition coefficient (Wildman–Crippen LogP) is 6.51. The Morgan fingerprint density at radius 3 is 2.57 bits per heavy atom. The lowest BCUT2D eigenvalue weighted by molar-refractivity contribution is 1.41. The minimum atomic E-state index is 0.876. The minimum absolute atomic E-state index is 0.876. The average molecular weight is 290 g/mol. The van der Waals surface area contributed by atoms with Gasteiger partial charge in [0.1, 0.15) is 0 Å². The molecule has 1 aromatic heterocycles. The maximum absolute atomic E-state index is 4.23. The molecule has 0 aliphatic rings. The SMILES string of the molecule is C=CC/C=C/C(=C)c1cccc2c1sc1c(C)cccc12. The summed E-state index contributed by atoms with van der Waals surface area (Å²) in [7, 11) is 0. The molecule has 0 atom stereocenters. The van der Waals surface area contributed by atoms with Crippen molar-refractivity contribution in [1.29, 1.82) is 0 Å². The minimum Gasteiger partial charge on any atom is -0.134 e. The molecular formula is C20H18S. The van der Waals surface area contributed by atoms with Crippen LogP contribution in [0.3, 0.4) is 0 Å². The van der Waals surface area contributed by atoms with E-state index < -0.39 is 0 Å². The van der Waals surface area contributed by atoms with Gasteiger partial charge in [-0.3, -0.25) is 0 Å². The van der Waals surface area contributed by atoms with Crippen LogP contribution in [-0.2, 0) is 0 Å². The van der Waals surface area contributed by atoms with Gasteiger partial charge < -0.3 is 0 Å². The van der Waals surface area contributed by atoms with E-state index in [9.17, 15) is 0 Å². The summed E-state index contributed by atoms with van der Waals surface area (Å²) in [5.41, 5.74) is 3.63. The summed E-state index contributed by atoms with van der Waals surface area (Å²) in [5.74, 6) is 0. The van der Waals surface area contributed by atoms with E-state index in [0.29, 0.717) is 0 Å². The highest BCUT2D eigenvalue weighted by atomic mass is 32.1. The Balaban J connectivity index is 2.20. The van der Waals surface area contributed by atoms with Gasteiger partial charge in [0.2, 0.25) is 0 Å². The summed E-state index contributed by atoms with van der Waals surface area (Å²) in [6, 6.07) is 13.0. The smallest absolute Gasteiger partial charge is 0.0433 e. The number of hydrogen-bond donors (Lipinski definition) is 0. The summed E-state index contributed by atoms with van der Waals surface area (Å²) < 4.78 is 2.71. The predicted molar refractivity (Wildman–Crippen MR) is 97.1 cm³/mol. The van der Waals surface area contributed by atoms with Gasteiger partial charge in [0.05, 0.1) is 0 Å². The van der Waals surface area contributed by atoms with Crippen LogP contribution in [0.5, 0.6) is 0 Å². The second kappa shape index (κ2) is 5.71. The van der Waals surface area contributed by atoms with Crippen molar-refractivity contribution < 1.29 is 0 Å². The first-order valence-corrected chi connectivity index (χ1v) is 7.91. The molecule has 0 amide bonds. The fraction of sp³-hybridized carbons (Fsp3) is 0.100. The Bertz CT molecular complexity index is 862. The lowest BCUT2D eigenvalue weighted by atomic mass is 10.0. The van der Waals surface area contributed by atoms with E-state index in [1.54, 1.807) is 0 Å². The van der Waals surface area contributed by atoms with Crippen LogP contribution < -0.4 is 0 Å². The van der Waals surface area contributed by atoms with Gasteiger partial charge in [0.25, 0.3) is 0 Å². The molecular weight excluding hydrogens is 272 g/mol. The molecule has 0 bridgehead atoms. The molecule has 3 rings (SSSR count). The zero-order chi connectivity index (χ0) is 14.8. The van der Waals surface area contributed by atoms with Crippen LogP contribution in [0, 0.1) is 6.92 Å². The summed E-state index contributed by atoms with van der Waals surface area (Å²) in [6.45, 7) is 10.1. The largest absolute Gasteiger partial charge is 0.134 e. The fourth-order valence-electron chi connectivity index (χ4n) is 2.61. The summed E-state index contributed by atoms with van der Waals surface area (Å²) in [6.07, 6.45) is 6.97. The van der Waals surface area contributed by atoms with Gasteiger partial charge in [-0.15, -0.1) is 17.9 Å². The first-order valence-electron chi connectivity index (χ1n) is 7.10. The van der Waals surface area contributed by atoms with Gasteiger partial charge in [0.15, 0.2) is 0 Å². The van der Waals surface area contributed by atoms with E-state index in [0.717, 1.165) is 12.0 Å². The second-order valence-electron chi connectivity index (χ2n) is 5.19. The van der Waals surface area contributed by atoms with Crippen molar-refractivity contribution in [3.8, 4) is 0 Å². The monoisotopic (exact) mass is 290 g/mol. The third-order valence-corrected chi connectivity index (χ3v) is 5.08. The van der Waals surface area contributed by atoms with Gasteiger partial charge in [-0.1, -0.05) is 61.2 Å². The van der Waals surface area contributed by atoms with Crippen LogP contribution in [-0.4, -0.2) is 0 Å². The zero-order valence-corrected chi connectivity index (χ0v) is 13.0. The van der Waals surface area contributed by atoms with E-state index in [1.165, 1.54) is 31.3 Å². The molecule has 0 saturated heterocycles. The standard InChI is InChI=1S/C20H18S/c1-4-5-6-9-14(2)16-11-8-13-18-17-12-7-10-15(3)19(17)21-20(16)18/h4,6-13H,1-2,5H2,3H3/b9-6+. The molecule has 0 unspecified atom stereocenters. The highest BCUT2D eigenvalue weighted by molar-refractivity contribution is 7.26. The topological polar surface area (TPSA) is 0 Å². The molecule has 1 heteroatoms. The average Bonchev–Trinajstić information content (AvgIpc) is 2.87. The Labute approximate surface area is 129 Å². The number of fused-ring (bicyclic) bond motifs is 3. The van der Waals surface area contributed by atoms with Gasteiger partial charge in [-0.05, 0) is 30.0 Å². The Hall–Kier alpha value is -2.12. The zero-order valence-electron chi connectivity index (χ0n) is 12.2. The molecule has 3 aromatic rings. The van der Waals surface area contributed by atoms with Gasteiger partial charge in [0, 0.05) is 20.2 Å². The van der Waals surface area contributed by atoms with Crippen molar-refractivity contribution in [2.45, 2.75) is 13.3 Å². The van der Waals surface area contributed by atoms with Crippen molar-refractivity contribution in [2.75, 3.05) is 0 Å². The van der Waals surface area contributed by atoms with Crippen LogP contribution >= 0.6 is 11.3 Å². The lowest BCUT2D eigenvalue weighted by Crippen LogP contribution is -1.79. The molecule has 0 nitrogen and oxygen atoms in total. The first kappa shape index (κ1) is 13.8. The molecule has 0 aliphatic heterocycles. The molecule has 2 aromatic carbocycles. The van der Waals surface area contributed by atoms with Crippen LogP contribution in [0.4, 0.5) is 0 Å². The third-order valence-electron chi connectivity index (χ3n) is 3.69. The molecule has 0 N–H and O–H groups in total. The van der Waals surface area contributed by atoms with Gasteiger partial charge in [-0.25, -0.2) is 0 Å². The van der Waals surface area contributed by atoms with E-state index in [2.05, 4.69) is 68.6 Å². The molecule has 0 saturated carbocycles. The van der Waals surface area contributed by atoms with Crippen LogP contribution in [0.25, 0.3) is 25.7 Å². The van der Waals surface area contributed by atoms with E-state index in [1.807, 2.05) is 17.4 Å². The molecule has 0 radical (unpaired) electrons. The number of benzene rings is 2. The number of rotatable bonds is 4. The number of hydrogen-bond acceptors (Lipinski definition) is 1. The molecule has 0 spiro atoms. The van der Waals surface area contributed by atoms with Crippen LogP contribution in [0.15, 0.2) is 67.8 Å². The molecule has 21 heavy (non-hydrogen) atoms. The maximum atomic E-state index is 4.23. The third kappa shape index (κ3) is 2.45. The maximum Gasteiger partial charge on any atom is 0.0433 e. The van der Waals surface area contributed by atoms with Crippen molar-refractivity contribution in [2.24, 2.45) is 0 Å². The van der Waals surface area contributed by atoms with Crippen molar-refractivity contribution in [3.63, 3.8) is 0 Å². The Morgan fingerprint density at radius 1 is 1.10 bits per heavy atom. The Morgan fingerprint density at radius 2 is 1.81 bits per heavy atom. The fourth-order valence-corrected chi connectivity index (χ4v) is 3.93. The first-order chi connectivity index (χ1) is 10.2. The van der Waals surface area contributed by atoms with Crippen molar-refractivity contribution in [1.82, 2.24) is 0 Å². The van der Waals surface area contributed by atoms with Crippen LogP contribution in [0.1, 0.15) is 17.5 Å². The number of aryl methyl sites for hydroxylation is 1. The summed E-state index contributed by atoms with van der Waals surface area (Å²) >= 11 is 1.87. The van der Waals surface area contributed by atoms with Gasteiger partial charge in [-0.2, -0.15) is 0 Å². The number of allylic oxidation sites excluding steroid dienone is 4. The van der Waals surface area contributed by atoms with E-state index >= 15 is 0 Å². The molecule has 104 valence electrons. The quantitative estimate of drug-likeness (QED) is 0.379. The van der Waals surface area contributed by atoms with Gasteiger partial charge >= 0.3 is 0 Å². The lowest BCUT2D eigenvalue weighted by Gasteiger charge is -2.02. The summed E-state index contributed by atoms with van der Waals surface area (Å²) in [5, 5.41) is 2.68. The van der Waals surface area contributed by atoms with Crippen molar-refractivity contribution >= 4 is 37.1 Å². The normalized spacial score (nSPS) is 11.5. The number of thiophene rings is 1. The summed E-state index contributed by atoms with van der Waals surface area (Å²) in [4.78, 5) is 0. The molecule has 1 heterocycles. The van der Waals surface area contributed by atoms with E-state index in [-0.39, 0.29) is 0 Å². The van der Waals surface area contributed by atoms with E-state index in [4.69, 9.17) is 0 Å². The van der Waals surface area contributed by atoms with Crippen LogP contribution in [0.2, 0.25) is 0 Å².